The SMILES string of the molecule is O=c1[nH]c(=O)n2nc(Cl)cc2[nH]1. The van der Waals surface area contributed by atoms with Crippen molar-refractivity contribution in [2.45, 2.75) is 0 Å². The van der Waals surface area contributed by atoms with E-state index in [4.69, 9.17) is 11.6 Å². The Labute approximate surface area is 69.8 Å². The van der Waals surface area contributed by atoms with Crippen molar-refractivity contribution < 1.29 is 0 Å². The van der Waals surface area contributed by atoms with Crippen LogP contribution in [-0.4, -0.2) is 19.6 Å². The van der Waals surface area contributed by atoms with Gasteiger partial charge < -0.3 is 0 Å². The first-order valence-corrected chi connectivity index (χ1v) is 3.42. The molecule has 12 heavy (non-hydrogen) atoms. The Morgan fingerprint density at radius 3 is 2.92 bits per heavy atom. The first-order chi connectivity index (χ1) is 5.66. The van der Waals surface area contributed by atoms with Crippen molar-refractivity contribution in [1.82, 2.24) is 19.6 Å². The Bertz CT molecular complexity index is 536. The number of halogens is 1. The van der Waals surface area contributed by atoms with Crippen LogP contribution in [0.1, 0.15) is 0 Å². The molecule has 2 aromatic heterocycles. The number of rotatable bonds is 0. The van der Waals surface area contributed by atoms with Crippen LogP contribution in [0.5, 0.6) is 0 Å². The van der Waals surface area contributed by atoms with Gasteiger partial charge in [0.05, 0.1) is 0 Å². The lowest BCUT2D eigenvalue weighted by Crippen LogP contribution is -2.28. The maximum Gasteiger partial charge on any atom is 0.352 e. The molecule has 7 heteroatoms. The first kappa shape index (κ1) is 7.11. The van der Waals surface area contributed by atoms with Gasteiger partial charge >= 0.3 is 11.4 Å². The van der Waals surface area contributed by atoms with Crippen molar-refractivity contribution in [1.29, 1.82) is 0 Å². The van der Waals surface area contributed by atoms with Gasteiger partial charge in [-0.15, -0.1) is 5.10 Å². The van der Waals surface area contributed by atoms with Crippen molar-refractivity contribution >= 4 is 17.2 Å². The van der Waals surface area contributed by atoms with E-state index in [9.17, 15) is 9.59 Å². The standard InChI is InChI=1S/C5H3ClN4O2/c6-2-1-3-7-4(11)8-5(12)10(3)9-2/h1H,(H2,7,8,11,12). The molecule has 2 rings (SSSR count). The zero-order valence-electron chi connectivity index (χ0n) is 5.67. The number of hydrogen-bond acceptors (Lipinski definition) is 3. The number of nitrogens with one attached hydrogen (secondary N) is 2. The summed E-state index contributed by atoms with van der Waals surface area (Å²) >= 11 is 5.50. The fraction of sp³-hybridized carbons (Fsp3) is 0. The van der Waals surface area contributed by atoms with Crippen LogP contribution in [0.2, 0.25) is 5.15 Å². The van der Waals surface area contributed by atoms with E-state index < -0.39 is 11.4 Å². The summed E-state index contributed by atoms with van der Waals surface area (Å²) in [5, 5.41) is 3.78. The van der Waals surface area contributed by atoms with Crippen LogP contribution in [0.4, 0.5) is 0 Å². The summed E-state index contributed by atoms with van der Waals surface area (Å²) in [5.41, 5.74) is -0.918. The molecule has 0 amide bonds. The van der Waals surface area contributed by atoms with Crippen molar-refractivity contribution in [3.8, 4) is 0 Å². The van der Waals surface area contributed by atoms with Gasteiger partial charge in [-0.05, 0) is 0 Å². The number of hydrogen-bond donors (Lipinski definition) is 2. The molecule has 0 bridgehead atoms. The Morgan fingerprint density at radius 2 is 2.17 bits per heavy atom. The molecule has 62 valence electrons. The lowest BCUT2D eigenvalue weighted by Gasteiger charge is -1.87. The molecule has 0 radical (unpaired) electrons. The van der Waals surface area contributed by atoms with E-state index in [1.807, 2.05) is 4.98 Å². The van der Waals surface area contributed by atoms with Crippen LogP contribution in [-0.2, 0) is 0 Å². The lowest BCUT2D eigenvalue weighted by molar-refractivity contribution is 0.821. The third-order valence-electron chi connectivity index (χ3n) is 1.33. The Kier molecular flexibility index (Phi) is 1.31. The Balaban J connectivity index is 3.08. The molecule has 0 unspecified atom stereocenters. The highest BCUT2D eigenvalue weighted by atomic mass is 35.5. The number of nitrogens with zero attached hydrogens (tertiary/aromatic N) is 2. The van der Waals surface area contributed by atoms with Gasteiger partial charge in [-0.2, -0.15) is 4.52 Å². The Morgan fingerprint density at radius 1 is 1.42 bits per heavy atom. The second-order valence-corrected chi connectivity index (χ2v) is 2.54. The summed E-state index contributed by atoms with van der Waals surface area (Å²) in [6, 6.07) is 1.39. The maximum absolute atomic E-state index is 11.0. The number of aromatic amines is 2. The van der Waals surface area contributed by atoms with Crippen molar-refractivity contribution in [2.24, 2.45) is 0 Å². The molecule has 0 atom stereocenters. The second-order valence-electron chi connectivity index (χ2n) is 2.15. The van der Waals surface area contributed by atoms with E-state index >= 15 is 0 Å². The van der Waals surface area contributed by atoms with E-state index in [0.29, 0.717) is 0 Å². The molecule has 0 fully saturated rings. The molecule has 0 aliphatic heterocycles. The molecule has 0 aliphatic carbocycles. The van der Waals surface area contributed by atoms with E-state index in [1.165, 1.54) is 6.07 Å². The predicted molar refractivity (Wildman–Crippen MR) is 41.4 cm³/mol. The van der Waals surface area contributed by atoms with Gasteiger partial charge in [0.2, 0.25) is 0 Å². The molecule has 0 aliphatic rings. The highest BCUT2D eigenvalue weighted by Crippen LogP contribution is 2.04. The van der Waals surface area contributed by atoms with E-state index in [-0.39, 0.29) is 10.8 Å². The van der Waals surface area contributed by atoms with Gasteiger partial charge in [0, 0.05) is 6.07 Å². The van der Waals surface area contributed by atoms with Crippen LogP contribution in [0.3, 0.4) is 0 Å². The topological polar surface area (TPSA) is 83.0 Å². The molecule has 0 saturated heterocycles. The largest absolute Gasteiger partial charge is 0.352 e. The molecule has 6 nitrogen and oxygen atoms in total. The van der Waals surface area contributed by atoms with Crippen LogP contribution < -0.4 is 11.4 Å². The van der Waals surface area contributed by atoms with Crippen LogP contribution >= 0.6 is 11.6 Å². The smallest absolute Gasteiger partial charge is 0.292 e. The van der Waals surface area contributed by atoms with Gasteiger partial charge in [-0.3, -0.25) is 9.97 Å². The molecular weight excluding hydrogens is 184 g/mol. The number of aromatic nitrogens is 4. The molecule has 2 N–H and O–H groups in total. The highest BCUT2D eigenvalue weighted by Gasteiger charge is 2.02. The van der Waals surface area contributed by atoms with Crippen molar-refractivity contribution in [2.75, 3.05) is 0 Å². The molecule has 0 aromatic carbocycles. The van der Waals surface area contributed by atoms with Crippen LogP contribution in [0, 0.1) is 0 Å². The maximum atomic E-state index is 11.0. The lowest BCUT2D eigenvalue weighted by atomic mass is 10.7. The van der Waals surface area contributed by atoms with E-state index in [1.54, 1.807) is 0 Å². The predicted octanol–water partition coefficient (Wildman–Crippen LogP) is -0.636. The quantitative estimate of drug-likeness (QED) is 0.574. The van der Waals surface area contributed by atoms with Gasteiger partial charge in [-0.25, -0.2) is 9.59 Å². The zero-order valence-corrected chi connectivity index (χ0v) is 6.42. The third-order valence-corrected chi connectivity index (χ3v) is 1.52. The van der Waals surface area contributed by atoms with Crippen molar-refractivity contribution in [3.05, 3.63) is 32.2 Å². The third kappa shape index (κ3) is 0.928. The molecule has 2 aromatic rings. The summed E-state index contributed by atoms with van der Waals surface area (Å²) in [5.74, 6) is 0. The molecule has 0 spiro atoms. The summed E-state index contributed by atoms with van der Waals surface area (Å²) < 4.78 is 0.976. The minimum absolute atomic E-state index is 0.155. The summed E-state index contributed by atoms with van der Waals surface area (Å²) in [6.45, 7) is 0. The number of H-pyrrole nitrogens is 2. The fourth-order valence-corrected chi connectivity index (χ4v) is 1.07. The van der Waals surface area contributed by atoms with Crippen LogP contribution in [0.15, 0.2) is 15.7 Å². The zero-order chi connectivity index (χ0) is 8.72. The van der Waals surface area contributed by atoms with Gasteiger partial charge in [0.25, 0.3) is 0 Å². The van der Waals surface area contributed by atoms with Crippen molar-refractivity contribution in [3.63, 3.8) is 0 Å². The highest BCUT2D eigenvalue weighted by molar-refractivity contribution is 6.29. The summed E-state index contributed by atoms with van der Waals surface area (Å²) in [7, 11) is 0. The minimum Gasteiger partial charge on any atom is -0.292 e. The molecule has 2 heterocycles. The van der Waals surface area contributed by atoms with Crippen LogP contribution in [0.25, 0.3) is 5.65 Å². The van der Waals surface area contributed by atoms with Gasteiger partial charge in [0.15, 0.2) is 5.15 Å². The fourth-order valence-electron chi connectivity index (χ4n) is 0.894. The van der Waals surface area contributed by atoms with Gasteiger partial charge in [0.1, 0.15) is 5.65 Å². The normalized spacial score (nSPS) is 10.8. The summed E-state index contributed by atoms with van der Waals surface area (Å²) in [4.78, 5) is 26.1. The second kappa shape index (κ2) is 2.21. The number of fused-ring (bicyclic) bond motifs is 1. The minimum atomic E-state index is -0.611. The molecular formula is C5H3ClN4O2. The monoisotopic (exact) mass is 186 g/mol. The Hall–Kier alpha value is -1.56. The average Bonchev–Trinajstić information content (AvgIpc) is 2.29. The average molecular weight is 187 g/mol. The molecule has 0 saturated carbocycles. The van der Waals surface area contributed by atoms with E-state index in [0.717, 1.165) is 4.52 Å². The van der Waals surface area contributed by atoms with Gasteiger partial charge in [-0.1, -0.05) is 11.6 Å². The first-order valence-electron chi connectivity index (χ1n) is 3.05. The van der Waals surface area contributed by atoms with E-state index in [2.05, 4.69) is 10.1 Å². The summed E-state index contributed by atoms with van der Waals surface area (Å²) in [6.07, 6.45) is 0.